The molecular weight excluding hydrogens is 275 g/mol. The van der Waals surface area contributed by atoms with Crippen molar-refractivity contribution in [2.24, 2.45) is 0 Å². The molecule has 0 unspecified atom stereocenters. The van der Waals surface area contributed by atoms with Crippen molar-refractivity contribution in [1.29, 1.82) is 0 Å². The van der Waals surface area contributed by atoms with E-state index >= 15 is 0 Å². The van der Waals surface area contributed by atoms with E-state index in [4.69, 9.17) is 5.11 Å². The van der Waals surface area contributed by atoms with Gasteiger partial charge >= 0.3 is 21.5 Å². The lowest BCUT2D eigenvalue weighted by atomic mass is 10.1. The van der Waals surface area contributed by atoms with Gasteiger partial charge in [0.1, 0.15) is 0 Å². The lowest BCUT2D eigenvalue weighted by Crippen LogP contribution is -2.35. The van der Waals surface area contributed by atoms with E-state index in [0.717, 1.165) is 0 Å². The molecule has 100 valence electrons. The molecule has 0 saturated carbocycles. The van der Waals surface area contributed by atoms with E-state index in [0.29, 0.717) is 0 Å². The Morgan fingerprint density at radius 3 is 2.11 bits per heavy atom. The summed E-state index contributed by atoms with van der Waals surface area (Å²) < 4.78 is 58.6. The standard InChI is InChI=1S/C9H8F3NO4S/c10-9(11,12)18(16,17)13-5-6-1-3-7(4-2-6)8(14)15/h1-4,13H,5H2,(H,14,15). The molecule has 0 aliphatic heterocycles. The van der Waals surface area contributed by atoms with Gasteiger partial charge in [-0.1, -0.05) is 12.1 Å². The highest BCUT2D eigenvalue weighted by Crippen LogP contribution is 2.21. The minimum atomic E-state index is -5.39. The van der Waals surface area contributed by atoms with Crippen molar-refractivity contribution in [3.05, 3.63) is 35.4 Å². The summed E-state index contributed by atoms with van der Waals surface area (Å²) in [5, 5.41) is 8.58. The number of nitrogens with one attached hydrogen (secondary N) is 1. The van der Waals surface area contributed by atoms with E-state index in [1.165, 1.54) is 29.0 Å². The van der Waals surface area contributed by atoms with Gasteiger partial charge in [-0.15, -0.1) is 0 Å². The van der Waals surface area contributed by atoms with Crippen LogP contribution in [0.2, 0.25) is 0 Å². The third kappa shape index (κ3) is 3.44. The van der Waals surface area contributed by atoms with Crippen molar-refractivity contribution in [2.45, 2.75) is 12.1 Å². The van der Waals surface area contributed by atoms with Gasteiger partial charge in [-0.25, -0.2) is 17.9 Å². The van der Waals surface area contributed by atoms with Crippen molar-refractivity contribution < 1.29 is 31.5 Å². The van der Waals surface area contributed by atoms with Crippen LogP contribution in [0.4, 0.5) is 13.2 Å². The molecule has 0 spiro atoms. The van der Waals surface area contributed by atoms with E-state index in [2.05, 4.69) is 0 Å². The zero-order chi connectivity index (χ0) is 14.0. The molecule has 0 bridgehead atoms. The summed E-state index contributed by atoms with van der Waals surface area (Å²) in [6.45, 7) is -0.568. The first-order valence-corrected chi connectivity index (χ1v) is 6.00. The summed E-state index contributed by atoms with van der Waals surface area (Å²) in [5.41, 5.74) is -5.20. The highest BCUT2D eigenvalue weighted by molar-refractivity contribution is 7.90. The lowest BCUT2D eigenvalue weighted by molar-refractivity contribution is -0.0448. The summed E-state index contributed by atoms with van der Waals surface area (Å²) >= 11 is 0. The van der Waals surface area contributed by atoms with Crippen molar-refractivity contribution in [2.75, 3.05) is 0 Å². The maximum absolute atomic E-state index is 12.0. The quantitative estimate of drug-likeness (QED) is 0.873. The molecule has 18 heavy (non-hydrogen) atoms. The molecule has 0 radical (unpaired) electrons. The number of carboxylic acid groups (broad SMARTS) is 1. The molecule has 5 nitrogen and oxygen atoms in total. The van der Waals surface area contributed by atoms with Gasteiger partial charge in [0.25, 0.3) is 0 Å². The Bertz CT molecular complexity index is 536. The highest BCUT2D eigenvalue weighted by Gasteiger charge is 2.45. The highest BCUT2D eigenvalue weighted by atomic mass is 32.2. The van der Waals surface area contributed by atoms with Gasteiger partial charge in [0.2, 0.25) is 0 Å². The van der Waals surface area contributed by atoms with Gasteiger partial charge in [-0.3, -0.25) is 0 Å². The van der Waals surface area contributed by atoms with Crippen LogP contribution in [-0.4, -0.2) is 25.0 Å². The SMILES string of the molecule is O=C(O)c1ccc(CNS(=O)(=O)C(F)(F)F)cc1. The zero-order valence-electron chi connectivity index (χ0n) is 8.73. The maximum atomic E-state index is 12.0. The number of rotatable bonds is 4. The van der Waals surface area contributed by atoms with E-state index in [1.807, 2.05) is 0 Å². The minimum absolute atomic E-state index is 0.0440. The van der Waals surface area contributed by atoms with Crippen LogP contribution in [0.25, 0.3) is 0 Å². The fourth-order valence-electron chi connectivity index (χ4n) is 1.03. The molecule has 0 amide bonds. The molecule has 0 heterocycles. The average molecular weight is 283 g/mol. The number of alkyl halides is 3. The molecule has 0 aliphatic rings. The molecule has 9 heteroatoms. The average Bonchev–Trinajstić information content (AvgIpc) is 2.25. The van der Waals surface area contributed by atoms with Crippen molar-refractivity contribution >= 4 is 16.0 Å². The number of carboxylic acids is 1. The van der Waals surface area contributed by atoms with Crippen LogP contribution >= 0.6 is 0 Å². The third-order valence-electron chi connectivity index (χ3n) is 1.97. The van der Waals surface area contributed by atoms with Crippen LogP contribution in [0.3, 0.4) is 0 Å². The van der Waals surface area contributed by atoms with Crippen LogP contribution in [-0.2, 0) is 16.6 Å². The fourth-order valence-corrected chi connectivity index (χ4v) is 1.55. The molecule has 0 fully saturated rings. The van der Waals surface area contributed by atoms with Gasteiger partial charge in [0.15, 0.2) is 0 Å². The van der Waals surface area contributed by atoms with Gasteiger partial charge in [0, 0.05) is 6.54 Å². The van der Waals surface area contributed by atoms with E-state index < -0.39 is 28.0 Å². The van der Waals surface area contributed by atoms with Gasteiger partial charge in [-0.2, -0.15) is 13.2 Å². The van der Waals surface area contributed by atoms with E-state index in [-0.39, 0.29) is 11.1 Å². The first kappa shape index (κ1) is 14.5. The van der Waals surface area contributed by atoms with Crippen LogP contribution in [0.5, 0.6) is 0 Å². The predicted molar refractivity (Wildman–Crippen MR) is 55.2 cm³/mol. The maximum Gasteiger partial charge on any atom is 0.511 e. The Balaban J connectivity index is 2.74. The number of aromatic carboxylic acids is 1. The predicted octanol–water partition coefficient (Wildman–Crippen LogP) is 1.32. The first-order valence-electron chi connectivity index (χ1n) is 4.51. The van der Waals surface area contributed by atoms with Crippen LogP contribution in [0.1, 0.15) is 15.9 Å². The second-order valence-electron chi connectivity index (χ2n) is 3.27. The molecular formula is C9H8F3NO4S. The van der Waals surface area contributed by atoms with Crippen molar-refractivity contribution in [3.8, 4) is 0 Å². The van der Waals surface area contributed by atoms with Crippen LogP contribution in [0, 0.1) is 0 Å². The van der Waals surface area contributed by atoms with Crippen LogP contribution in [0.15, 0.2) is 24.3 Å². The summed E-state index contributed by atoms with van der Waals surface area (Å²) in [5.74, 6) is -1.18. The monoisotopic (exact) mass is 283 g/mol. The minimum Gasteiger partial charge on any atom is -0.478 e. The van der Waals surface area contributed by atoms with Gasteiger partial charge in [0.05, 0.1) is 5.56 Å². The largest absolute Gasteiger partial charge is 0.511 e. The number of benzene rings is 1. The third-order valence-corrected chi connectivity index (χ3v) is 3.11. The molecule has 0 saturated heterocycles. The molecule has 1 aromatic rings. The normalized spacial score (nSPS) is 12.4. The molecule has 1 aromatic carbocycles. The number of carbonyl (C=O) groups is 1. The van der Waals surface area contributed by atoms with Crippen LogP contribution < -0.4 is 4.72 Å². The fraction of sp³-hybridized carbons (Fsp3) is 0.222. The van der Waals surface area contributed by atoms with Crippen molar-refractivity contribution in [3.63, 3.8) is 0 Å². The Morgan fingerprint density at radius 2 is 1.72 bits per heavy atom. The summed E-state index contributed by atoms with van der Waals surface area (Å²) in [7, 11) is -5.39. The molecule has 1 rings (SSSR count). The summed E-state index contributed by atoms with van der Waals surface area (Å²) in [6, 6.07) is 4.78. The molecule has 2 N–H and O–H groups in total. The zero-order valence-corrected chi connectivity index (χ0v) is 9.55. The lowest BCUT2D eigenvalue weighted by Gasteiger charge is -2.09. The van der Waals surface area contributed by atoms with E-state index in [1.54, 1.807) is 0 Å². The topological polar surface area (TPSA) is 83.5 Å². The summed E-state index contributed by atoms with van der Waals surface area (Å²) in [6.07, 6.45) is 0. The van der Waals surface area contributed by atoms with E-state index in [9.17, 15) is 26.4 Å². The Hall–Kier alpha value is -1.61. The number of halogens is 3. The summed E-state index contributed by atoms with van der Waals surface area (Å²) in [4.78, 5) is 10.5. The number of sulfonamides is 1. The van der Waals surface area contributed by atoms with Gasteiger partial charge in [-0.05, 0) is 17.7 Å². The van der Waals surface area contributed by atoms with Gasteiger partial charge < -0.3 is 5.11 Å². The molecule has 0 aliphatic carbocycles. The Labute approximate surface area is 100 Å². The second-order valence-corrected chi connectivity index (χ2v) is 5.03. The number of hydrogen-bond acceptors (Lipinski definition) is 3. The Morgan fingerprint density at radius 1 is 1.22 bits per heavy atom. The first-order chi connectivity index (χ1) is 8.13. The Kier molecular flexibility index (Phi) is 3.97. The molecule has 0 atom stereocenters. The smallest absolute Gasteiger partial charge is 0.478 e. The number of hydrogen-bond donors (Lipinski definition) is 2. The second kappa shape index (κ2) is 4.94. The van der Waals surface area contributed by atoms with Crippen molar-refractivity contribution in [1.82, 2.24) is 4.72 Å². The molecule has 0 aromatic heterocycles.